The lowest BCUT2D eigenvalue weighted by molar-refractivity contribution is -0.149. The van der Waals surface area contributed by atoms with Crippen LogP contribution in [-0.2, 0) is 30.3 Å². The molecule has 0 aliphatic carbocycles. The smallest absolute Gasteiger partial charge is 0.306 e. The molecule has 0 saturated heterocycles. The minimum atomic E-state index is -0.758. The third-order valence-electron chi connectivity index (χ3n) is 6.35. The first-order valence-corrected chi connectivity index (χ1v) is 13.6. The average Bonchev–Trinajstić information content (AvgIpc) is 3.26. The maximum Gasteiger partial charge on any atom is 0.306 e. The Morgan fingerprint density at radius 1 is 1.00 bits per heavy atom. The van der Waals surface area contributed by atoms with Crippen molar-refractivity contribution in [2.75, 3.05) is 0 Å². The molecule has 1 aromatic heterocycles. The van der Waals surface area contributed by atoms with E-state index < -0.39 is 17.3 Å². The molecule has 8 nitrogen and oxygen atoms in total. The molecule has 0 aliphatic rings. The van der Waals surface area contributed by atoms with Gasteiger partial charge in [0.1, 0.15) is 6.04 Å². The number of hydrogen-bond donors (Lipinski definition) is 3. The van der Waals surface area contributed by atoms with Gasteiger partial charge in [0.25, 0.3) is 0 Å². The van der Waals surface area contributed by atoms with Gasteiger partial charge in [0.2, 0.25) is 17.1 Å². The molecule has 0 spiro atoms. The highest BCUT2D eigenvalue weighted by molar-refractivity contribution is 6.63. The Hall–Kier alpha value is -2.87. The Balaban J connectivity index is 1.97. The van der Waals surface area contributed by atoms with Crippen LogP contribution in [0.1, 0.15) is 84.1 Å². The third-order valence-corrected chi connectivity index (χ3v) is 6.54. The topological polar surface area (TPSA) is 117 Å². The van der Waals surface area contributed by atoms with Crippen LogP contribution in [0.4, 0.5) is 0 Å². The number of para-hydroxylation sites is 1. The quantitative estimate of drug-likeness (QED) is 0.151. The van der Waals surface area contributed by atoms with Crippen molar-refractivity contribution in [2.45, 2.75) is 103 Å². The fourth-order valence-electron chi connectivity index (χ4n) is 4.35. The monoisotopic (exact) mass is 533 g/mol. The summed E-state index contributed by atoms with van der Waals surface area (Å²) in [6.45, 7) is 5.37. The number of H-pyrrole nitrogens is 1. The van der Waals surface area contributed by atoms with Crippen molar-refractivity contribution >= 4 is 45.5 Å². The minimum Gasteiger partial charge on any atom is -0.463 e. The van der Waals surface area contributed by atoms with Crippen LogP contribution in [0, 0.1) is 0 Å². The number of fused-ring (bicyclic) bond motifs is 1. The van der Waals surface area contributed by atoms with Gasteiger partial charge in [0.05, 0.1) is 6.10 Å². The predicted molar refractivity (Wildman–Crippen MR) is 145 cm³/mol. The van der Waals surface area contributed by atoms with Crippen LogP contribution >= 0.6 is 11.6 Å². The van der Waals surface area contributed by atoms with Gasteiger partial charge in [-0.15, -0.1) is 0 Å². The van der Waals surface area contributed by atoms with E-state index in [0.29, 0.717) is 25.7 Å². The number of aromatic nitrogens is 1. The number of nitrogens with one attached hydrogen (secondary N) is 3. The lowest BCUT2D eigenvalue weighted by Gasteiger charge is -2.23. The molecule has 0 saturated carbocycles. The molecule has 3 unspecified atom stereocenters. The number of amides is 2. The molecule has 1 heterocycles. The van der Waals surface area contributed by atoms with E-state index in [-0.39, 0.29) is 36.7 Å². The first kappa shape index (κ1) is 30.4. The number of halogens is 1. The number of carbonyl (C=O) groups is 4. The van der Waals surface area contributed by atoms with Crippen molar-refractivity contribution < 1.29 is 23.9 Å². The van der Waals surface area contributed by atoms with Gasteiger partial charge >= 0.3 is 5.97 Å². The second kappa shape index (κ2) is 16.1. The molecule has 2 amide bonds. The number of unbranched alkanes of at least 4 members (excludes halogenated alkanes) is 2. The Bertz CT molecular complexity index is 1040. The Labute approximate surface area is 224 Å². The molecular formula is C28H40ClN3O5. The molecule has 2 aromatic rings. The molecule has 0 radical (unpaired) electrons. The van der Waals surface area contributed by atoms with Crippen LogP contribution in [0.25, 0.3) is 10.9 Å². The van der Waals surface area contributed by atoms with Gasteiger partial charge in [-0.05, 0) is 68.7 Å². The van der Waals surface area contributed by atoms with E-state index in [1.165, 1.54) is 6.92 Å². The molecule has 204 valence electrons. The van der Waals surface area contributed by atoms with Crippen LogP contribution in [0.2, 0.25) is 0 Å². The zero-order chi connectivity index (χ0) is 27.2. The van der Waals surface area contributed by atoms with Crippen molar-refractivity contribution in [1.29, 1.82) is 0 Å². The molecule has 9 heteroatoms. The summed E-state index contributed by atoms with van der Waals surface area (Å²) >= 11 is 5.53. The maximum atomic E-state index is 13.2. The van der Waals surface area contributed by atoms with Crippen LogP contribution in [0.15, 0.2) is 30.5 Å². The number of benzene rings is 1. The minimum absolute atomic E-state index is 0.0646. The summed E-state index contributed by atoms with van der Waals surface area (Å²) in [6.07, 6.45) is 7.52. The summed E-state index contributed by atoms with van der Waals surface area (Å²) in [6, 6.07) is 6.68. The molecule has 1 aromatic carbocycles. The molecule has 2 rings (SSSR count). The van der Waals surface area contributed by atoms with Crippen LogP contribution in [0.5, 0.6) is 0 Å². The lowest BCUT2D eigenvalue weighted by Crippen LogP contribution is -2.49. The second-order valence-corrected chi connectivity index (χ2v) is 10.0. The summed E-state index contributed by atoms with van der Waals surface area (Å²) in [5.74, 6) is -1.01. The van der Waals surface area contributed by atoms with Crippen molar-refractivity contribution in [3.8, 4) is 0 Å². The molecule has 3 N–H and O–H groups in total. The summed E-state index contributed by atoms with van der Waals surface area (Å²) in [5, 5.41) is 6.21. The van der Waals surface area contributed by atoms with Crippen molar-refractivity contribution in [1.82, 2.24) is 15.6 Å². The SMILES string of the molecule is CCCCCC(C)OC(=O)CCC(CCC(=O)Cl)NC(=O)C(CCc1c[nH]c2ccccc12)NC(C)=O. The van der Waals surface area contributed by atoms with E-state index in [1.807, 2.05) is 37.4 Å². The summed E-state index contributed by atoms with van der Waals surface area (Å²) in [4.78, 5) is 51.9. The number of rotatable bonds is 17. The first-order chi connectivity index (χ1) is 17.7. The Kier molecular flexibility index (Phi) is 13.2. The predicted octanol–water partition coefficient (Wildman–Crippen LogP) is 4.93. The van der Waals surface area contributed by atoms with Gasteiger partial charge in [-0.2, -0.15) is 0 Å². The van der Waals surface area contributed by atoms with Gasteiger partial charge in [-0.3, -0.25) is 19.2 Å². The zero-order valence-electron chi connectivity index (χ0n) is 22.1. The van der Waals surface area contributed by atoms with Crippen LogP contribution in [0.3, 0.4) is 0 Å². The highest BCUT2D eigenvalue weighted by Gasteiger charge is 2.24. The molecule has 0 fully saturated rings. The molecule has 3 atom stereocenters. The maximum absolute atomic E-state index is 13.2. The fraction of sp³-hybridized carbons (Fsp3) is 0.571. The number of hydrogen-bond acceptors (Lipinski definition) is 5. The standard InChI is InChI=1S/C28H40ClN3O5/c1-4-5-6-9-19(2)37-27(35)17-14-22(13-16-26(29)34)32-28(36)25(31-20(3)33)15-12-21-18-30-24-11-8-7-10-23(21)24/h7-8,10-11,18-19,22,25,30H,4-6,9,12-17H2,1-3H3,(H,31,33)(H,32,36). The molecule has 37 heavy (non-hydrogen) atoms. The highest BCUT2D eigenvalue weighted by Crippen LogP contribution is 2.20. The largest absolute Gasteiger partial charge is 0.463 e. The first-order valence-electron chi connectivity index (χ1n) is 13.2. The van der Waals surface area contributed by atoms with Crippen LogP contribution in [-0.4, -0.2) is 46.2 Å². The van der Waals surface area contributed by atoms with Crippen molar-refractivity contribution in [2.24, 2.45) is 0 Å². The Morgan fingerprint density at radius 3 is 2.43 bits per heavy atom. The van der Waals surface area contributed by atoms with E-state index in [2.05, 4.69) is 22.5 Å². The number of ether oxygens (including phenoxy) is 1. The van der Waals surface area contributed by atoms with E-state index in [9.17, 15) is 19.2 Å². The van der Waals surface area contributed by atoms with Crippen molar-refractivity contribution in [3.05, 3.63) is 36.0 Å². The average molecular weight is 534 g/mol. The van der Waals surface area contributed by atoms with Gasteiger partial charge < -0.3 is 20.4 Å². The third kappa shape index (κ3) is 11.4. The van der Waals surface area contributed by atoms with Gasteiger partial charge in [0.15, 0.2) is 0 Å². The lowest BCUT2D eigenvalue weighted by atomic mass is 10.0. The fourth-order valence-corrected chi connectivity index (χ4v) is 4.46. The highest BCUT2D eigenvalue weighted by atomic mass is 35.5. The summed E-state index contributed by atoms with van der Waals surface area (Å²) in [5.41, 5.74) is 2.06. The van der Waals surface area contributed by atoms with Crippen LogP contribution < -0.4 is 10.6 Å². The van der Waals surface area contributed by atoms with Gasteiger partial charge in [-0.1, -0.05) is 38.0 Å². The van der Waals surface area contributed by atoms with Crippen molar-refractivity contribution in [3.63, 3.8) is 0 Å². The van der Waals surface area contributed by atoms with Gasteiger partial charge in [-0.25, -0.2) is 0 Å². The van der Waals surface area contributed by atoms with E-state index in [0.717, 1.165) is 42.1 Å². The Morgan fingerprint density at radius 2 is 1.73 bits per heavy atom. The second-order valence-electron chi connectivity index (χ2n) is 9.59. The number of carbonyl (C=O) groups excluding carboxylic acids is 4. The number of aryl methyl sites for hydroxylation is 1. The van der Waals surface area contributed by atoms with E-state index >= 15 is 0 Å². The van der Waals surface area contributed by atoms with Gasteiger partial charge in [0, 0.05) is 42.9 Å². The number of esters is 1. The number of aromatic amines is 1. The molecule has 0 aliphatic heterocycles. The summed E-state index contributed by atoms with van der Waals surface area (Å²) < 4.78 is 5.49. The molecule has 0 bridgehead atoms. The summed E-state index contributed by atoms with van der Waals surface area (Å²) in [7, 11) is 0. The van der Waals surface area contributed by atoms with E-state index in [4.69, 9.17) is 16.3 Å². The molecular weight excluding hydrogens is 494 g/mol. The van der Waals surface area contributed by atoms with E-state index in [1.54, 1.807) is 0 Å². The normalized spacial score (nSPS) is 13.5. The zero-order valence-corrected chi connectivity index (χ0v) is 22.9.